The molecule has 0 bridgehead atoms. The van der Waals surface area contributed by atoms with Crippen molar-refractivity contribution in [1.82, 2.24) is 4.98 Å². The molecule has 0 saturated heterocycles. The smallest absolute Gasteiger partial charge is 0.181 e. The molecule has 72 valence electrons. The Morgan fingerprint density at radius 3 is 2.86 bits per heavy atom. The molecular weight excluding hydrogens is 176 g/mol. The van der Waals surface area contributed by atoms with Gasteiger partial charge in [0, 0.05) is 22.7 Å². The third-order valence-corrected chi connectivity index (χ3v) is 2.27. The fourth-order valence-corrected chi connectivity index (χ4v) is 1.52. The van der Waals surface area contributed by atoms with Gasteiger partial charge in [-0.2, -0.15) is 0 Å². The van der Waals surface area contributed by atoms with Gasteiger partial charge in [-0.1, -0.05) is 18.2 Å². The number of para-hydroxylation sites is 1. The van der Waals surface area contributed by atoms with Crippen LogP contribution in [0, 0.1) is 0 Å². The van der Waals surface area contributed by atoms with Crippen LogP contribution >= 0.6 is 0 Å². The minimum Gasteiger partial charge on any atom is -0.360 e. The molecule has 0 amide bonds. The van der Waals surface area contributed by atoms with Crippen LogP contribution in [0.5, 0.6) is 0 Å². The van der Waals surface area contributed by atoms with E-state index in [0.29, 0.717) is 5.56 Å². The normalized spacial score (nSPS) is 13.0. The lowest BCUT2D eigenvalue weighted by atomic mass is 10.1. The maximum atomic E-state index is 11.7. The van der Waals surface area contributed by atoms with Crippen LogP contribution in [-0.2, 0) is 0 Å². The fourth-order valence-electron chi connectivity index (χ4n) is 1.52. The summed E-state index contributed by atoms with van der Waals surface area (Å²) >= 11 is 0. The summed E-state index contributed by atoms with van der Waals surface area (Å²) in [6, 6.07) is 7.25. The van der Waals surface area contributed by atoms with E-state index in [1.54, 1.807) is 13.1 Å². The number of hydrogen-bond acceptors (Lipinski definition) is 2. The number of ketones is 1. The highest BCUT2D eigenvalue weighted by Crippen LogP contribution is 2.18. The van der Waals surface area contributed by atoms with Crippen LogP contribution in [0.3, 0.4) is 0 Å². The number of Topliss-reactive ketones (excluding diaryl/α,β-unsaturated/α-hetero) is 1. The highest BCUT2D eigenvalue weighted by atomic mass is 16.1. The van der Waals surface area contributed by atoms with Crippen molar-refractivity contribution in [3.05, 3.63) is 36.0 Å². The van der Waals surface area contributed by atoms with Gasteiger partial charge in [0.15, 0.2) is 5.78 Å². The van der Waals surface area contributed by atoms with Gasteiger partial charge in [-0.25, -0.2) is 0 Å². The molecule has 0 aliphatic rings. The maximum Gasteiger partial charge on any atom is 0.181 e. The van der Waals surface area contributed by atoms with E-state index in [1.807, 2.05) is 24.3 Å². The number of carbonyl (C=O) groups is 1. The zero-order chi connectivity index (χ0) is 10.1. The van der Waals surface area contributed by atoms with E-state index >= 15 is 0 Å². The lowest BCUT2D eigenvalue weighted by Crippen LogP contribution is -2.26. The molecule has 3 nitrogen and oxygen atoms in total. The molecule has 1 heterocycles. The molecule has 0 aliphatic carbocycles. The number of carbonyl (C=O) groups excluding carboxylic acids is 1. The first-order chi connectivity index (χ1) is 6.70. The van der Waals surface area contributed by atoms with E-state index in [-0.39, 0.29) is 5.78 Å². The molecule has 1 atom stereocenters. The summed E-state index contributed by atoms with van der Waals surface area (Å²) in [5.74, 6) is -0.0255. The van der Waals surface area contributed by atoms with Gasteiger partial charge in [0.05, 0.1) is 6.04 Å². The second-order valence-electron chi connectivity index (χ2n) is 3.40. The number of nitrogens with one attached hydrogen (secondary N) is 1. The van der Waals surface area contributed by atoms with Gasteiger partial charge in [-0.15, -0.1) is 0 Å². The molecule has 2 aromatic rings. The van der Waals surface area contributed by atoms with E-state index in [9.17, 15) is 4.79 Å². The predicted octanol–water partition coefficient (Wildman–Crippen LogP) is 1.70. The minimum atomic E-state index is -0.450. The summed E-state index contributed by atoms with van der Waals surface area (Å²) in [7, 11) is 0. The summed E-state index contributed by atoms with van der Waals surface area (Å²) in [4.78, 5) is 14.7. The first-order valence-corrected chi connectivity index (χ1v) is 4.56. The van der Waals surface area contributed by atoms with E-state index < -0.39 is 6.04 Å². The molecule has 1 aromatic carbocycles. The Bertz CT molecular complexity index is 471. The third-order valence-electron chi connectivity index (χ3n) is 2.27. The van der Waals surface area contributed by atoms with Crippen molar-refractivity contribution >= 4 is 16.7 Å². The lowest BCUT2D eigenvalue weighted by Gasteiger charge is -2.01. The van der Waals surface area contributed by atoms with Crippen molar-refractivity contribution in [3.63, 3.8) is 0 Å². The molecule has 0 spiro atoms. The molecule has 2 rings (SSSR count). The molecule has 0 aliphatic heterocycles. The quantitative estimate of drug-likeness (QED) is 0.705. The predicted molar refractivity (Wildman–Crippen MR) is 56.3 cm³/mol. The van der Waals surface area contributed by atoms with Crippen LogP contribution in [0.1, 0.15) is 17.3 Å². The van der Waals surface area contributed by atoms with Gasteiger partial charge in [-0.05, 0) is 13.0 Å². The summed E-state index contributed by atoms with van der Waals surface area (Å²) in [6.45, 7) is 1.70. The second kappa shape index (κ2) is 3.27. The summed E-state index contributed by atoms with van der Waals surface area (Å²) < 4.78 is 0. The van der Waals surface area contributed by atoms with E-state index in [2.05, 4.69) is 4.98 Å². The number of hydrogen-bond donors (Lipinski definition) is 2. The van der Waals surface area contributed by atoms with Crippen molar-refractivity contribution in [3.8, 4) is 0 Å². The number of nitrogens with two attached hydrogens (primary N) is 1. The Balaban J connectivity index is 2.58. The molecule has 0 radical (unpaired) electrons. The molecule has 1 aromatic heterocycles. The summed E-state index contributed by atoms with van der Waals surface area (Å²) in [5, 5.41) is 0.940. The van der Waals surface area contributed by atoms with Gasteiger partial charge < -0.3 is 10.7 Å². The Kier molecular flexibility index (Phi) is 2.09. The zero-order valence-corrected chi connectivity index (χ0v) is 7.95. The molecule has 1 unspecified atom stereocenters. The van der Waals surface area contributed by atoms with E-state index in [1.165, 1.54) is 0 Å². The van der Waals surface area contributed by atoms with Gasteiger partial charge in [0.25, 0.3) is 0 Å². The average molecular weight is 188 g/mol. The minimum absolute atomic E-state index is 0.0255. The number of fused-ring (bicyclic) bond motifs is 1. The number of aromatic amines is 1. The Morgan fingerprint density at radius 2 is 2.14 bits per heavy atom. The van der Waals surface area contributed by atoms with Crippen molar-refractivity contribution in [2.24, 2.45) is 5.73 Å². The summed E-state index contributed by atoms with van der Waals surface area (Å²) in [5.41, 5.74) is 7.20. The monoisotopic (exact) mass is 188 g/mol. The molecular formula is C11H12N2O. The van der Waals surface area contributed by atoms with Gasteiger partial charge >= 0.3 is 0 Å². The van der Waals surface area contributed by atoms with Crippen molar-refractivity contribution in [2.75, 3.05) is 0 Å². The fraction of sp³-hybridized carbons (Fsp3) is 0.182. The molecule has 0 fully saturated rings. The SMILES string of the molecule is CC(N)C(=O)c1c[nH]c2ccccc12. The highest BCUT2D eigenvalue weighted by Gasteiger charge is 2.14. The summed E-state index contributed by atoms with van der Waals surface area (Å²) in [6.07, 6.45) is 1.72. The first kappa shape index (κ1) is 8.97. The molecule has 3 heteroatoms. The van der Waals surface area contributed by atoms with E-state index in [4.69, 9.17) is 5.73 Å². The van der Waals surface area contributed by atoms with Crippen LogP contribution in [0.15, 0.2) is 30.5 Å². The highest BCUT2D eigenvalue weighted by molar-refractivity contribution is 6.09. The molecule has 14 heavy (non-hydrogen) atoms. The van der Waals surface area contributed by atoms with Gasteiger partial charge in [0.2, 0.25) is 0 Å². The molecule has 3 N–H and O–H groups in total. The first-order valence-electron chi connectivity index (χ1n) is 4.56. The van der Waals surface area contributed by atoms with Crippen molar-refractivity contribution in [2.45, 2.75) is 13.0 Å². The van der Waals surface area contributed by atoms with Crippen LogP contribution in [0.2, 0.25) is 0 Å². The van der Waals surface area contributed by atoms with Gasteiger partial charge in [-0.3, -0.25) is 4.79 Å². The topological polar surface area (TPSA) is 58.9 Å². The number of H-pyrrole nitrogens is 1. The maximum absolute atomic E-state index is 11.7. The van der Waals surface area contributed by atoms with Crippen LogP contribution < -0.4 is 5.73 Å². The third kappa shape index (κ3) is 1.32. The van der Waals surface area contributed by atoms with Crippen LogP contribution in [0.25, 0.3) is 10.9 Å². The average Bonchev–Trinajstić information content (AvgIpc) is 2.60. The largest absolute Gasteiger partial charge is 0.360 e. The second-order valence-corrected chi connectivity index (χ2v) is 3.40. The van der Waals surface area contributed by atoms with Crippen molar-refractivity contribution in [1.29, 1.82) is 0 Å². The number of rotatable bonds is 2. The van der Waals surface area contributed by atoms with E-state index in [0.717, 1.165) is 10.9 Å². The zero-order valence-electron chi connectivity index (χ0n) is 7.95. The van der Waals surface area contributed by atoms with Gasteiger partial charge in [0.1, 0.15) is 0 Å². The number of aromatic nitrogens is 1. The van der Waals surface area contributed by atoms with Crippen LogP contribution in [-0.4, -0.2) is 16.8 Å². The molecule has 0 saturated carbocycles. The lowest BCUT2D eigenvalue weighted by molar-refractivity contribution is 0.0969. The van der Waals surface area contributed by atoms with Crippen LogP contribution in [0.4, 0.5) is 0 Å². The van der Waals surface area contributed by atoms with Crippen molar-refractivity contribution < 1.29 is 4.79 Å². The number of benzene rings is 1. The Hall–Kier alpha value is -1.61. The Morgan fingerprint density at radius 1 is 1.43 bits per heavy atom. The standard InChI is InChI=1S/C11H12N2O/c1-7(12)11(14)9-6-13-10-5-3-2-4-8(9)10/h2-7,13H,12H2,1H3. The Labute approximate surface area is 81.9 Å².